The van der Waals surface area contributed by atoms with E-state index in [1.54, 1.807) is 25.1 Å². The summed E-state index contributed by atoms with van der Waals surface area (Å²) in [6.07, 6.45) is 4.17. The van der Waals surface area contributed by atoms with E-state index in [0.29, 0.717) is 21.4 Å². The highest BCUT2D eigenvalue weighted by atomic mass is 79.9. The van der Waals surface area contributed by atoms with Gasteiger partial charge in [0.15, 0.2) is 6.61 Å². The number of nitrogens with one attached hydrogen (secondary N) is 1. The van der Waals surface area contributed by atoms with Crippen LogP contribution in [0.5, 0.6) is 5.75 Å². The quantitative estimate of drug-likeness (QED) is 0.420. The minimum atomic E-state index is -0.679. The summed E-state index contributed by atoms with van der Waals surface area (Å²) in [5.41, 5.74) is 2.75. The molecule has 2 aromatic rings. The molecule has 3 rings (SSSR count). The third-order valence-electron chi connectivity index (χ3n) is 6.00. The van der Waals surface area contributed by atoms with E-state index >= 15 is 0 Å². The van der Waals surface area contributed by atoms with Crippen molar-refractivity contribution in [1.29, 1.82) is 0 Å². The molecule has 0 unspecified atom stereocenters. The van der Waals surface area contributed by atoms with Crippen molar-refractivity contribution in [2.75, 3.05) is 6.61 Å². The lowest BCUT2D eigenvalue weighted by Crippen LogP contribution is -2.50. The van der Waals surface area contributed by atoms with E-state index < -0.39 is 6.04 Å². The van der Waals surface area contributed by atoms with Gasteiger partial charge < -0.3 is 15.0 Å². The van der Waals surface area contributed by atoms with Crippen LogP contribution in [0.2, 0.25) is 10.0 Å². The molecule has 5 nitrogen and oxygen atoms in total. The number of amides is 2. The Hall–Kier alpha value is -1.76. The molecule has 2 aromatic carbocycles. The molecule has 0 saturated heterocycles. The smallest absolute Gasteiger partial charge is 0.261 e. The summed E-state index contributed by atoms with van der Waals surface area (Å²) in [5.74, 6) is 0.137. The van der Waals surface area contributed by atoms with Crippen molar-refractivity contribution in [1.82, 2.24) is 10.2 Å². The Bertz CT molecular complexity index is 1000. The fourth-order valence-corrected chi connectivity index (χ4v) is 4.72. The zero-order valence-corrected chi connectivity index (χ0v) is 22.2. The first-order valence-corrected chi connectivity index (χ1v) is 12.6. The van der Waals surface area contributed by atoms with Gasteiger partial charge in [0, 0.05) is 27.1 Å². The van der Waals surface area contributed by atoms with Crippen molar-refractivity contribution in [2.24, 2.45) is 0 Å². The van der Waals surface area contributed by atoms with Gasteiger partial charge >= 0.3 is 0 Å². The molecular weight excluding hydrogens is 527 g/mol. The third kappa shape index (κ3) is 6.87. The molecule has 0 radical (unpaired) electrons. The van der Waals surface area contributed by atoms with Crippen LogP contribution >= 0.6 is 39.1 Å². The van der Waals surface area contributed by atoms with Gasteiger partial charge in [0.05, 0.1) is 0 Å². The van der Waals surface area contributed by atoms with Crippen LogP contribution < -0.4 is 10.1 Å². The summed E-state index contributed by atoms with van der Waals surface area (Å²) in [6.45, 7) is 5.66. The van der Waals surface area contributed by atoms with Crippen molar-refractivity contribution in [3.8, 4) is 5.75 Å². The Kier molecular flexibility index (Phi) is 9.08. The molecule has 33 heavy (non-hydrogen) atoms. The Morgan fingerprint density at radius 1 is 1.15 bits per heavy atom. The minimum Gasteiger partial charge on any atom is -0.484 e. The zero-order chi connectivity index (χ0) is 24.1. The predicted octanol–water partition coefficient (Wildman–Crippen LogP) is 6.23. The normalized spacial score (nSPS) is 14.7. The first kappa shape index (κ1) is 25.9. The standard InChI is InChI=1S/C25H29BrCl2N2O3/c1-15-10-21(11-16(2)24(15)26)33-14-23(31)30(13-18-8-9-19(27)12-22(18)28)17(3)25(32)29-20-6-4-5-7-20/h8-12,17,20H,4-7,13-14H2,1-3H3,(H,29,32)/t17-/m0/s1. The molecule has 1 aliphatic rings. The van der Waals surface area contributed by atoms with Crippen LogP contribution in [0.15, 0.2) is 34.8 Å². The van der Waals surface area contributed by atoms with E-state index in [1.807, 2.05) is 26.0 Å². The highest BCUT2D eigenvalue weighted by Crippen LogP contribution is 2.27. The highest BCUT2D eigenvalue weighted by molar-refractivity contribution is 9.10. The lowest BCUT2D eigenvalue weighted by molar-refractivity contribution is -0.142. The zero-order valence-electron chi connectivity index (χ0n) is 19.1. The van der Waals surface area contributed by atoms with Crippen molar-refractivity contribution >= 4 is 50.9 Å². The summed E-state index contributed by atoms with van der Waals surface area (Å²) in [6, 6.07) is 8.37. The molecule has 1 atom stereocenters. The van der Waals surface area contributed by atoms with Gasteiger partial charge in [-0.1, -0.05) is 58.0 Å². The Morgan fingerprint density at radius 3 is 2.39 bits per heavy atom. The van der Waals surface area contributed by atoms with Gasteiger partial charge in [-0.05, 0) is 74.6 Å². The average molecular weight is 556 g/mol. The first-order valence-electron chi connectivity index (χ1n) is 11.1. The number of nitrogens with zero attached hydrogens (tertiary/aromatic N) is 1. The van der Waals surface area contributed by atoms with Crippen LogP contribution in [0.25, 0.3) is 0 Å². The molecule has 0 aromatic heterocycles. The topological polar surface area (TPSA) is 58.6 Å². The number of ether oxygens (including phenoxy) is 1. The Morgan fingerprint density at radius 2 is 1.79 bits per heavy atom. The predicted molar refractivity (Wildman–Crippen MR) is 136 cm³/mol. The molecule has 1 aliphatic carbocycles. The van der Waals surface area contributed by atoms with Crippen LogP contribution in [0, 0.1) is 13.8 Å². The monoisotopic (exact) mass is 554 g/mol. The largest absolute Gasteiger partial charge is 0.484 e. The molecule has 1 saturated carbocycles. The molecule has 1 fully saturated rings. The Labute approximate surface area is 213 Å². The van der Waals surface area contributed by atoms with E-state index in [2.05, 4.69) is 21.2 Å². The number of hydrogen-bond acceptors (Lipinski definition) is 3. The van der Waals surface area contributed by atoms with Crippen molar-refractivity contribution in [2.45, 2.75) is 65.1 Å². The number of rotatable bonds is 8. The maximum absolute atomic E-state index is 13.3. The molecule has 0 heterocycles. The summed E-state index contributed by atoms with van der Waals surface area (Å²) in [5, 5.41) is 4.05. The summed E-state index contributed by atoms with van der Waals surface area (Å²) < 4.78 is 6.83. The molecular formula is C25H29BrCl2N2O3. The number of aryl methyl sites for hydroxylation is 2. The Balaban J connectivity index is 1.77. The lowest BCUT2D eigenvalue weighted by atomic mass is 10.1. The maximum atomic E-state index is 13.3. The molecule has 2 amide bonds. The van der Waals surface area contributed by atoms with Crippen LogP contribution in [-0.4, -0.2) is 35.4 Å². The summed E-state index contributed by atoms with van der Waals surface area (Å²) in [7, 11) is 0. The van der Waals surface area contributed by atoms with Crippen molar-refractivity contribution in [3.05, 3.63) is 61.5 Å². The van der Waals surface area contributed by atoms with E-state index in [9.17, 15) is 9.59 Å². The molecule has 0 aliphatic heterocycles. The van der Waals surface area contributed by atoms with E-state index in [4.69, 9.17) is 27.9 Å². The van der Waals surface area contributed by atoms with Crippen LogP contribution in [-0.2, 0) is 16.1 Å². The van der Waals surface area contributed by atoms with Gasteiger partial charge in [0.2, 0.25) is 5.91 Å². The number of carbonyl (C=O) groups excluding carboxylic acids is 2. The molecule has 0 spiro atoms. The van der Waals surface area contributed by atoms with Crippen molar-refractivity contribution in [3.63, 3.8) is 0 Å². The maximum Gasteiger partial charge on any atom is 0.261 e. The van der Waals surface area contributed by atoms with E-state index in [0.717, 1.165) is 41.3 Å². The molecule has 0 bridgehead atoms. The average Bonchev–Trinajstić information content (AvgIpc) is 3.27. The lowest BCUT2D eigenvalue weighted by Gasteiger charge is -2.30. The fourth-order valence-electron chi connectivity index (χ4n) is 4.03. The van der Waals surface area contributed by atoms with Crippen LogP contribution in [0.1, 0.15) is 49.3 Å². The summed E-state index contributed by atoms with van der Waals surface area (Å²) >= 11 is 15.9. The van der Waals surface area contributed by atoms with Crippen LogP contribution in [0.3, 0.4) is 0 Å². The molecule has 8 heteroatoms. The SMILES string of the molecule is Cc1cc(OCC(=O)N(Cc2ccc(Cl)cc2Cl)[C@@H](C)C(=O)NC2CCCC2)cc(C)c1Br. The second kappa shape index (κ2) is 11.6. The van der Waals surface area contributed by atoms with Crippen molar-refractivity contribution < 1.29 is 14.3 Å². The highest BCUT2D eigenvalue weighted by Gasteiger charge is 2.29. The van der Waals surface area contributed by atoms with E-state index in [-0.39, 0.29) is 31.0 Å². The van der Waals surface area contributed by atoms with Gasteiger partial charge in [-0.25, -0.2) is 0 Å². The second-order valence-electron chi connectivity index (χ2n) is 8.58. The van der Waals surface area contributed by atoms with Gasteiger partial charge in [0.25, 0.3) is 5.91 Å². The van der Waals surface area contributed by atoms with Gasteiger partial charge in [0.1, 0.15) is 11.8 Å². The van der Waals surface area contributed by atoms with Gasteiger partial charge in [-0.15, -0.1) is 0 Å². The van der Waals surface area contributed by atoms with Gasteiger partial charge in [-0.3, -0.25) is 9.59 Å². The summed E-state index contributed by atoms with van der Waals surface area (Å²) in [4.78, 5) is 27.7. The number of carbonyl (C=O) groups is 2. The number of halogens is 3. The fraction of sp³-hybridized carbons (Fsp3) is 0.440. The van der Waals surface area contributed by atoms with E-state index in [1.165, 1.54) is 4.90 Å². The molecule has 1 N–H and O–H groups in total. The number of hydrogen-bond donors (Lipinski definition) is 1. The number of benzene rings is 2. The second-order valence-corrected chi connectivity index (χ2v) is 10.2. The molecule has 178 valence electrons. The van der Waals surface area contributed by atoms with Gasteiger partial charge in [-0.2, -0.15) is 0 Å². The van der Waals surface area contributed by atoms with Crippen LogP contribution in [0.4, 0.5) is 0 Å². The minimum absolute atomic E-state index is 0.168. The first-order chi connectivity index (χ1) is 15.7. The third-order valence-corrected chi connectivity index (χ3v) is 7.83.